The second-order valence-corrected chi connectivity index (χ2v) is 25.8. The minimum Gasteiger partial charge on any atom is -1.00 e. The molecule has 61 heavy (non-hydrogen) atoms. The zero-order chi connectivity index (χ0) is 41.9. The van der Waals surface area contributed by atoms with Gasteiger partial charge in [-0.15, -0.1) is 80.6 Å². The van der Waals surface area contributed by atoms with Gasteiger partial charge in [-0.05, 0) is 50.7 Å². The molecule has 7 heteroatoms. The van der Waals surface area contributed by atoms with Crippen LogP contribution in [0.1, 0.15) is 106 Å². The molecule has 0 heterocycles. The fraction of sp³-hybridized carbons (Fsp3) is 0.407. The van der Waals surface area contributed by atoms with E-state index in [0.29, 0.717) is 6.04 Å². The van der Waals surface area contributed by atoms with Crippen molar-refractivity contribution < 1.29 is 61.3 Å². The van der Waals surface area contributed by atoms with Crippen molar-refractivity contribution in [2.45, 2.75) is 130 Å². The maximum atomic E-state index is 11.4. The van der Waals surface area contributed by atoms with Crippen molar-refractivity contribution in [2.24, 2.45) is 11.8 Å². The first-order chi connectivity index (χ1) is 28.3. The van der Waals surface area contributed by atoms with E-state index >= 15 is 0 Å². The smallest absolute Gasteiger partial charge is 0.0254 e. The molecule has 0 aliphatic heterocycles. The number of aryl methyl sites for hydroxylation is 4. The summed E-state index contributed by atoms with van der Waals surface area (Å²) >= 11 is 1.29. The van der Waals surface area contributed by atoms with Crippen LogP contribution in [0.4, 0.5) is 13.2 Å². The second kappa shape index (κ2) is 24.4. The van der Waals surface area contributed by atoms with E-state index in [1.165, 1.54) is 177 Å². The molecule has 0 N–H and O–H groups in total. The summed E-state index contributed by atoms with van der Waals surface area (Å²) in [5, 5.41) is 5.17. The van der Waals surface area contributed by atoms with Crippen LogP contribution in [0.5, 0.6) is 0 Å². The van der Waals surface area contributed by atoms with E-state index in [4.69, 9.17) is 0 Å². The fourth-order valence-electron chi connectivity index (χ4n) is 9.09. The molecular weight excluding hydrogens is 896 g/mol. The molecule has 4 aliphatic carbocycles. The van der Waals surface area contributed by atoms with Crippen LogP contribution in [0.25, 0.3) is 46.6 Å². The van der Waals surface area contributed by atoms with Crippen molar-refractivity contribution in [3.8, 4) is 22.3 Å². The van der Waals surface area contributed by atoms with Gasteiger partial charge in [0.1, 0.15) is 0 Å². The van der Waals surface area contributed by atoms with Crippen molar-refractivity contribution in [3.63, 3.8) is 0 Å². The third-order valence-electron chi connectivity index (χ3n) is 11.8. The number of hydrogen-bond acceptors (Lipinski definition) is 0. The van der Waals surface area contributed by atoms with Crippen LogP contribution in [0.3, 0.4) is 0 Å². The van der Waals surface area contributed by atoms with Crippen molar-refractivity contribution in [3.05, 3.63) is 139 Å². The zero-order valence-corrected chi connectivity index (χ0v) is 41.7. The molecule has 8 rings (SSSR count). The molecule has 322 valence electrons. The molecule has 0 amide bonds. The van der Waals surface area contributed by atoms with E-state index in [1.807, 2.05) is 6.55 Å². The van der Waals surface area contributed by atoms with Crippen molar-refractivity contribution >= 4 is 29.7 Å². The summed E-state index contributed by atoms with van der Waals surface area (Å²) in [6.45, 7) is 10.6. The first-order valence-electron chi connectivity index (χ1n) is 22.0. The Bertz CT molecular complexity index is 2230. The Kier molecular flexibility index (Phi) is 20.4. The molecular formula is C54H61Cl2F3SiZr-2. The van der Waals surface area contributed by atoms with Crippen LogP contribution in [0, 0.1) is 39.5 Å². The number of halogens is 5. The van der Waals surface area contributed by atoms with E-state index in [9.17, 15) is 13.2 Å². The molecule has 0 aromatic heterocycles. The topological polar surface area (TPSA) is 0 Å². The summed E-state index contributed by atoms with van der Waals surface area (Å²) in [5.41, 5.74) is 12.6. The number of alkyl halides is 3. The summed E-state index contributed by atoms with van der Waals surface area (Å²) in [5.74, 6) is 1.47. The van der Waals surface area contributed by atoms with E-state index in [2.05, 4.69) is 137 Å². The van der Waals surface area contributed by atoms with Gasteiger partial charge in [0.25, 0.3) is 0 Å². The number of allylic oxidation sites excluding steroid dienone is 4. The standard InChI is InChI=1S/2C25H27.C4H7F3Si.2ClH.Zr/c2*1-18-12-19(2)14-23(13-18)24-11-7-10-22-16-21(17-25(22)24)15-20-8-5-3-4-6-9-20;1-8-3-2-4(5,6)7;;;/h2*7,10-15,17,20H,3-6,8-9H2,1-2H3;2-3H2,1H3;2*1H;/q2*-1;;;;+2/p-2. The molecule has 4 aliphatic rings. The molecule has 0 nitrogen and oxygen atoms in total. The van der Waals surface area contributed by atoms with Crippen LogP contribution < -0.4 is 45.7 Å². The molecule has 0 spiro atoms. The molecule has 0 atom stereocenters. The molecule has 2 fully saturated rings. The van der Waals surface area contributed by atoms with Gasteiger partial charge in [-0.3, -0.25) is 0 Å². The van der Waals surface area contributed by atoms with E-state index in [1.54, 1.807) is 0 Å². The summed E-state index contributed by atoms with van der Waals surface area (Å²) in [4.78, 5) is 0. The average Bonchev–Trinajstić information content (AvgIpc) is 3.56. The van der Waals surface area contributed by atoms with E-state index in [-0.39, 0.29) is 24.8 Å². The second-order valence-electron chi connectivity index (χ2n) is 17.5. The third kappa shape index (κ3) is 15.8. The van der Waals surface area contributed by atoms with Gasteiger partial charge in [-0.25, -0.2) is 0 Å². The van der Waals surface area contributed by atoms with Gasteiger partial charge in [0.05, 0.1) is 0 Å². The molecule has 0 saturated heterocycles. The van der Waals surface area contributed by atoms with Gasteiger partial charge >= 0.3 is 67.1 Å². The maximum Gasteiger partial charge on any atom is -0.0254 e. The first-order valence-corrected chi connectivity index (χ1v) is 27.9. The van der Waals surface area contributed by atoms with E-state index < -0.39 is 18.0 Å². The normalized spacial score (nSPS) is 17.5. The van der Waals surface area contributed by atoms with Crippen molar-refractivity contribution in [2.75, 3.05) is 0 Å². The number of benzene rings is 4. The SMILES string of the molecule is C[Si](=[Zr+2])CCC(F)(F)F.Cc1cc(C)cc(-c2cccc3c2=CC(=CC2CCCCCC2)[C-]=3)c1.Cc1cc(C)cc(-c2cccc3c2=CC(=CC2CCCCCC2)[C-]=3)c1.[Cl-].[Cl-]. The average molecular weight is 957 g/mol. The van der Waals surface area contributed by atoms with Crippen LogP contribution in [-0.2, 0) is 23.3 Å². The van der Waals surface area contributed by atoms with Crippen LogP contribution in [0.15, 0.2) is 96.1 Å². The fourth-order valence-corrected chi connectivity index (χ4v) is 10.7. The molecule has 4 aromatic carbocycles. The molecule has 0 radical (unpaired) electrons. The van der Waals surface area contributed by atoms with Crippen LogP contribution in [-0.4, -0.2) is 11.6 Å². The Morgan fingerprint density at radius 1 is 0.590 bits per heavy atom. The molecule has 0 unspecified atom stereocenters. The summed E-state index contributed by atoms with van der Waals surface area (Å²) in [7, 11) is 0. The minimum atomic E-state index is -3.93. The minimum absolute atomic E-state index is 0. The largest absolute Gasteiger partial charge is 1.00 e. The summed E-state index contributed by atoms with van der Waals surface area (Å²) < 4.78 is 34.3. The first kappa shape index (κ1) is 50.9. The molecule has 4 aromatic rings. The monoisotopic (exact) mass is 954 g/mol. The molecule has 2 saturated carbocycles. The van der Waals surface area contributed by atoms with Crippen molar-refractivity contribution in [1.29, 1.82) is 0 Å². The Morgan fingerprint density at radius 3 is 1.26 bits per heavy atom. The van der Waals surface area contributed by atoms with Gasteiger partial charge in [-0.1, -0.05) is 171 Å². The van der Waals surface area contributed by atoms with E-state index in [0.717, 1.165) is 11.8 Å². The maximum absolute atomic E-state index is 11.4. The number of hydrogen-bond donors (Lipinski definition) is 0. The zero-order valence-electron chi connectivity index (χ0n) is 36.7. The predicted molar refractivity (Wildman–Crippen MR) is 243 cm³/mol. The van der Waals surface area contributed by atoms with Gasteiger partial charge in [-0.2, -0.15) is 0 Å². The quantitative estimate of drug-likeness (QED) is 0.114. The Morgan fingerprint density at radius 2 is 0.951 bits per heavy atom. The Balaban J connectivity index is 0.000000219. The Labute approximate surface area is 391 Å². The van der Waals surface area contributed by atoms with Crippen LogP contribution >= 0.6 is 0 Å². The van der Waals surface area contributed by atoms with Gasteiger partial charge < -0.3 is 24.8 Å². The summed E-state index contributed by atoms with van der Waals surface area (Å²) in [6.07, 6.45) is 29.0. The number of fused-ring (bicyclic) bond motifs is 2. The van der Waals surface area contributed by atoms with Gasteiger partial charge in [0.2, 0.25) is 0 Å². The Hall–Kier alpha value is -2.69. The third-order valence-corrected chi connectivity index (χ3v) is 14.7. The predicted octanol–water partition coefficient (Wildman–Crippen LogP) is 6.75. The van der Waals surface area contributed by atoms with Crippen LogP contribution in [0.2, 0.25) is 12.6 Å². The van der Waals surface area contributed by atoms with Gasteiger partial charge in [0, 0.05) is 0 Å². The molecule has 0 bridgehead atoms. The van der Waals surface area contributed by atoms with Crippen molar-refractivity contribution in [1.82, 2.24) is 0 Å². The summed E-state index contributed by atoms with van der Waals surface area (Å²) in [6, 6.07) is 27.3. The van der Waals surface area contributed by atoms with Gasteiger partial charge in [0.15, 0.2) is 0 Å². The number of rotatable bonds is 6.